The lowest BCUT2D eigenvalue weighted by Gasteiger charge is -2.19. The van der Waals surface area contributed by atoms with E-state index in [1.54, 1.807) is 13.8 Å². The van der Waals surface area contributed by atoms with Gasteiger partial charge in [-0.15, -0.1) is 0 Å². The SMILES string of the molecule is CCC(C)S(=O)(=O)C(C)CNC(C)C. The first-order chi connectivity index (χ1) is 6.32. The summed E-state index contributed by atoms with van der Waals surface area (Å²) in [6.07, 6.45) is 0.689. The van der Waals surface area contributed by atoms with Gasteiger partial charge in [0.1, 0.15) is 0 Å². The fourth-order valence-electron chi connectivity index (χ4n) is 1.15. The Hall–Kier alpha value is -0.0900. The molecule has 0 aromatic carbocycles. The van der Waals surface area contributed by atoms with Gasteiger partial charge in [0.2, 0.25) is 0 Å². The molecule has 0 aliphatic heterocycles. The average Bonchev–Trinajstić information content (AvgIpc) is 2.12. The highest BCUT2D eigenvalue weighted by molar-refractivity contribution is 7.92. The predicted molar refractivity (Wildman–Crippen MR) is 61.3 cm³/mol. The van der Waals surface area contributed by atoms with Crippen LogP contribution in [0.1, 0.15) is 41.0 Å². The second-order valence-electron chi connectivity index (χ2n) is 4.18. The first-order valence-electron chi connectivity index (χ1n) is 5.28. The van der Waals surface area contributed by atoms with Gasteiger partial charge in [0.25, 0.3) is 0 Å². The molecule has 0 aliphatic carbocycles. The van der Waals surface area contributed by atoms with Gasteiger partial charge in [-0.3, -0.25) is 0 Å². The zero-order chi connectivity index (χ0) is 11.4. The first-order valence-corrected chi connectivity index (χ1v) is 6.89. The number of sulfone groups is 1. The maximum absolute atomic E-state index is 11.8. The molecule has 0 spiro atoms. The maximum atomic E-state index is 11.8. The Morgan fingerprint density at radius 1 is 1.07 bits per heavy atom. The Bertz CT molecular complexity index is 247. The molecule has 0 fully saturated rings. The summed E-state index contributed by atoms with van der Waals surface area (Å²) in [5.41, 5.74) is 0. The number of hydrogen-bond acceptors (Lipinski definition) is 3. The van der Waals surface area contributed by atoms with E-state index in [-0.39, 0.29) is 10.5 Å². The molecular formula is C10H23NO2S. The normalized spacial score (nSPS) is 17.0. The van der Waals surface area contributed by atoms with E-state index in [9.17, 15) is 8.42 Å². The van der Waals surface area contributed by atoms with Crippen molar-refractivity contribution in [2.45, 2.75) is 57.6 Å². The Labute approximate surface area is 88.2 Å². The molecule has 86 valence electrons. The second-order valence-corrected chi connectivity index (χ2v) is 6.97. The topological polar surface area (TPSA) is 46.2 Å². The minimum atomic E-state index is -2.95. The monoisotopic (exact) mass is 221 g/mol. The summed E-state index contributed by atoms with van der Waals surface area (Å²) in [4.78, 5) is 0. The highest BCUT2D eigenvalue weighted by Crippen LogP contribution is 2.11. The van der Waals surface area contributed by atoms with Crippen LogP contribution in [0.4, 0.5) is 0 Å². The average molecular weight is 221 g/mol. The van der Waals surface area contributed by atoms with E-state index in [1.165, 1.54) is 0 Å². The molecule has 0 saturated carbocycles. The second kappa shape index (κ2) is 5.71. The van der Waals surface area contributed by atoms with Gasteiger partial charge in [-0.05, 0) is 20.3 Å². The molecule has 1 N–H and O–H groups in total. The minimum Gasteiger partial charge on any atom is -0.313 e. The maximum Gasteiger partial charge on any atom is 0.156 e. The highest BCUT2D eigenvalue weighted by atomic mass is 32.2. The molecule has 0 heterocycles. The van der Waals surface area contributed by atoms with Gasteiger partial charge in [-0.25, -0.2) is 8.42 Å². The third-order valence-corrected chi connectivity index (χ3v) is 5.25. The molecule has 2 atom stereocenters. The van der Waals surface area contributed by atoms with Crippen LogP contribution in [0, 0.1) is 0 Å². The molecule has 0 aromatic rings. The van der Waals surface area contributed by atoms with Crippen molar-refractivity contribution in [2.75, 3.05) is 6.54 Å². The largest absolute Gasteiger partial charge is 0.313 e. The summed E-state index contributed by atoms with van der Waals surface area (Å²) in [5.74, 6) is 0. The highest BCUT2D eigenvalue weighted by Gasteiger charge is 2.26. The van der Waals surface area contributed by atoms with Gasteiger partial charge in [-0.1, -0.05) is 20.8 Å². The van der Waals surface area contributed by atoms with Crippen LogP contribution in [0.15, 0.2) is 0 Å². The third-order valence-electron chi connectivity index (χ3n) is 2.51. The molecule has 3 nitrogen and oxygen atoms in total. The van der Waals surface area contributed by atoms with Crippen molar-refractivity contribution in [3.05, 3.63) is 0 Å². The summed E-state index contributed by atoms with van der Waals surface area (Å²) in [6.45, 7) is 10.0. The van der Waals surface area contributed by atoms with Crippen LogP contribution in [-0.4, -0.2) is 31.5 Å². The molecule has 14 heavy (non-hydrogen) atoms. The van der Waals surface area contributed by atoms with Crippen LogP contribution >= 0.6 is 0 Å². The molecule has 0 aromatic heterocycles. The molecule has 4 heteroatoms. The zero-order valence-corrected chi connectivity index (χ0v) is 10.7. The van der Waals surface area contributed by atoms with Gasteiger partial charge >= 0.3 is 0 Å². The standard InChI is InChI=1S/C10H23NO2S/c1-6-9(4)14(12,13)10(5)7-11-8(2)3/h8-11H,6-7H2,1-5H3. The van der Waals surface area contributed by atoms with E-state index >= 15 is 0 Å². The van der Waals surface area contributed by atoms with Crippen LogP contribution in [0.25, 0.3) is 0 Å². The number of rotatable bonds is 6. The number of hydrogen-bond donors (Lipinski definition) is 1. The van der Waals surface area contributed by atoms with Gasteiger partial charge < -0.3 is 5.32 Å². The summed E-state index contributed by atoms with van der Waals surface area (Å²) >= 11 is 0. The van der Waals surface area contributed by atoms with E-state index in [0.717, 1.165) is 0 Å². The molecular weight excluding hydrogens is 198 g/mol. The minimum absolute atomic E-state index is 0.230. The van der Waals surface area contributed by atoms with Crippen LogP contribution < -0.4 is 5.32 Å². The van der Waals surface area contributed by atoms with Crippen molar-refractivity contribution in [3.63, 3.8) is 0 Å². The van der Waals surface area contributed by atoms with Gasteiger partial charge in [0, 0.05) is 12.6 Å². The summed E-state index contributed by atoms with van der Waals surface area (Å²) in [5, 5.41) is 2.63. The molecule has 2 unspecified atom stereocenters. The summed E-state index contributed by atoms with van der Waals surface area (Å²) in [6, 6.07) is 0.338. The zero-order valence-electron chi connectivity index (χ0n) is 9.87. The van der Waals surface area contributed by atoms with Gasteiger partial charge in [0.05, 0.1) is 10.5 Å². The summed E-state index contributed by atoms with van der Waals surface area (Å²) < 4.78 is 23.7. The lowest BCUT2D eigenvalue weighted by atomic mass is 10.3. The van der Waals surface area contributed by atoms with Crippen LogP contribution in [0.3, 0.4) is 0 Å². The van der Waals surface area contributed by atoms with Gasteiger partial charge in [0.15, 0.2) is 9.84 Å². The lowest BCUT2D eigenvalue weighted by Crippen LogP contribution is -2.38. The Morgan fingerprint density at radius 3 is 1.93 bits per heavy atom. The third kappa shape index (κ3) is 3.96. The Kier molecular flexibility index (Phi) is 5.67. The van der Waals surface area contributed by atoms with E-state index in [0.29, 0.717) is 19.0 Å². The van der Waals surface area contributed by atoms with Gasteiger partial charge in [-0.2, -0.15) is 0 Å². The van der Waals surface area contributed by atoms with Crippen molar-refractivity contribution in [3.8, 4) is 0 Å². The van der Waals surface area contributed by atoms with Crippen molar-refractivity contribution in [2.24, 2.45) is 0 Å². The quantitative estimate of drug-likeness (QED) is 0.741. The Morgan fingerprint density at radius 2 is 1.57 bits per heavy atom. The molecule has 0 amide bonds. The van der Waals surface area contributed by atoms with Crippen LogP contribution in [0.5, 0.6) is 0 Å². The van der Waals surface area contributed by atoms with E-state index in [1.807, 2.05) is 20.8 Å². The van der Waals surface area contributed by atoms with Crippen LogP contribution in [0.2, 0.25) is 0 Å². The molecule has 0 rings (SSSR count). The van der Waals surface area contributed by atoms with E-state index in [2.05, 4.69) is 5.32 Å². The molecule has 0 saturated heterocycles. The summed E-state index contributed by atoms with van der Waals surface area (Å²) in [7, 11) is -2.95. The molecule has 0 aliphatic rings. The lowest BCUT2D eigenvalue weighted by molar-refractivity contribution is 0.540. The van der Waals surface area contributed by atoms with E-state index < -0.39 is 9.84 Å². The number of nitrogens with one attached hydrogen (secondary N) is 1. The van der Waals surface area contributed by atoms with E-state index in [4.69, 9.17) is 0 Å². The molecule has 0 radical (unpaired) electrons. The van der Waals surface area contributed by atoms with Crippen molar-refractivity contribution >= 4 is 9.84 Å². The fourth-order valence-corrected chi connectivity index (χ4v) is 2.73. The van der Waals surface area contributed by atoms with Crippen LogP contribution in [-0.2, 0) is 9.84 Å². The predicted octanol–water partition coefficient (Wildman–Crippen LogP) is 1.59. The molecule has 0 bridgehead atoms. The van der Waals surface area contributed by atoms with Crippen molar-refractivity contribution < 1.29 is 8.42 Å². The van der Waals surface area contributed by atoms with Crippen molar-refractivity contribution in [1.82, 2.24) is 5.32 Å². The first kappa shape index (κ1) is 13.9. The fraction of sp³-hybridized carbons (Fsp3) is 1.00. The Balaban J connectivity index is 4.29. The van der Waals surface area contributed by atoms with Crippen molar-refractivity contribution in [1.29, 1.82) is 0 Å². The smallest absolute Gasteiger partial charge is 0.156 e.